The van der Waals surface area contributed by atoms with Gasteiger partial charge in [-0.3, -0.25) is 4.98 Å². The van der Waals surface area contributed by atoms with Crippen LogP contribution >= 0.6 is 15.9 Å². The minimum absolute atomic E-state index is 0.646. The van der Waals surface area contributed by atoms with Gasteiger partial charge in [0.1, 0.15) is 0 Å². The Labute approximate surface area is 118 Å². The predicted molar refractivity (Wildman–Crippen MR) is 77.1 cm³/mol. The molecule has 0 radical (unpaired) electrons. The van der Waals surface area contributed by atoms with Gasteiger partial charge in [-0.15, -0.1) is 5.10 Å². The van der Waals surface area contributed by atoms with Crippen LogP contribution < -0.4 is 5.32 Å². The molecule has 0 aliphatic rings. The van der Waals surface area contributed by atoms with Crippen LogP contribution in [0.2, 0.25) is 0 Å². The average molecular weight is 318 g/mol. The number of anilines is 1. The number of hydrogen-bond donors (Lipinski definition) is 1. The molecule has 0 bridgehead atoms. The smallest absolute Gasteiger partial charge is 0.243 e. The molecule has 3 aromatic rings. The number of nitrogens with zero attached hydrogens (tertiary/aromatic N) is 4. The Kier molecular flexibility index (Phi) is 3.41. The molecular weight excluding hydrogens is 306 g/mol. The fourth-order valence-corrected chi connectivity index (χ4v) is 2.13. The molecule has 0 aliphatic carbocycles. The van der Waals surface area contributed by atoms with Crippen molar-refractivity contribution in [3.63, 3.8) is 0 Å². The molecular formula is C13H12BrN5. The molecule has 0 spiro atoms. The van der Waals surface area contributed by atoms with Crippen LogP contribution in [0.15, 0.2) is 47.3 Å². The highest BCUT2D eigenvalue weighted by Gasteiger charge is 2.02. The van der Waals surface area contributed by atoms with Crippen LogP contribution in [0.5, 0.6) is 0 Å². The standard InChI is InChI=1S/C13H12BrN5/c14-11-1-2-12-17-13(18-19(12)9-11)16-8-5-10-3-6-15-7-4-10/h1-4,6-7,9H,5,8H2,(H,16,18). The van der Waals surface area contributed by atoms with E-state index in [1.54, 1.807) is 16.9 Å². The first-order valence-corrected chi connectivity index (χ1v) is 6.75. The first kappa shape index (κ1) is 12.1. The average Bonchev–Trinajstić information content (AvgIpc) is 2.82. The predicted octanol–water partition coefficient (Wildman–Crippen LogP) is 2.54. The number of rotatable bonds is 4. The number of fused-ring (bicyclic) bond motifs is 1. The molecule has 1 N–H and O–H groups in total. The van der Waals surface area contributed by atoms with E-state index in [0.717, 1.165) is 23.1 Å². The summed E-state index contributed by atoms with van der Waals surface area (Å²) in [6.45, 7) is 0.794. The van der Waals surface area contributed by atoms with Crippen molar-refractivity contribution in [1.82, 2.24) is 19.6 Å². The number of hydrogen-bond acceptors (Lipinski definition) is 4. The lowest BCUT2D eigenvalue weighted by Crippen LogP contribution is -2.06. The molecule has 3 aromatic heterocycles. The Morgan fingerprint density at radius 2 is 2.00 bits per heavy atom. The van der Waals surface area contributed by atoms with E-state index >= 15 is 0 Å². The van der Waals surface area contributed by atoms with Crippen molar-refractivity contribution in [2.24, 2.45) is 0 Å². The zero-order valence-corrected chi connectivity index (χ0v) is 11.7. The first-order chi connectivity index (χ1) is 9.31. The van der Waals surface area contributed by atoms with Crippen molar-refractivity contribution in [2.45, 2.75) is 6.42 Å². The fraction of sp³-hybridized carbons (Fsp3) is 0.154. The zero-order valence-electron chi connectivity index (χ0n) is 10.1. The second-order valence-electron chi connectivity index (χ2n) is 4.12. The van der Waals surface area contributed by atoms with Gasteiger partial charge in [-0.25, -0.2) is 4.52 Å². The molecule has 0 atom stereocenters. The van der Waals surface area contributed by atoms with Gasteiger partial charge in [0, 0.05) is 29.6 Å². The topological polar surface area (TPSA) is 55.1 Å². The lowest BCUT2D eigenvalue weighted by molar-refractivity contribution is 0.933. The van der Waals surface area contributed by atoms with E-state index in [9.17, 15) is 0 Å². The molecule has 3 heterocycles. The van der Waals surface area contributed by atoms with Gasteiger partial charge in [0.05, 0.1) is 0 Å². The quantitative estimate of drug-likeness (QED) is 0.803. The molecule has 3 rings (SSSR count). The third-order valence-electron chi connectivity index (χ3n) is 2.74. The number of halogens is 1. The third-order valence-corrected chi connectivity index (χ3v) is 3.21. The number of aromatic nitrogens is 4. The number of pyridine rings is 2. The van der Waals surface area contributed by atoms with E-state index in [-0.39, 0.29) is 0 Å². The van der Waals surface area contributed by atoms with Crippen LogP contribution in [0.3, 0.4) is 0 Å². The monoisotopic (exact) mass is 317 g/mol. The summed E-state index contributed by atoms with van der Waals surface area (Å²) >= 11 is 3.41. The molecule has 0 saturated carbocycles. The van der Waals surface area contributed by atoms with Crippen molar-refractivity contribution < 1.29 is 0 Å². The lowest BCUT2D eigenvalue weighted by atomic mass is 10.2. The first-order valence-electron chi connectivity index (χ1n) is 5.96. The second kappa shape index (κ2) is 5.36. The van der Waals surface area contributed by atoms with Gasteiger partial charge in [-0.05, 0) is 52.2 Å². The minimum atomic E-state index is 0.646. The van der Waals surface area contributed by atoms with Crippen LogP contribution in [0, 0.1) is 0 Å². The van der Waals surface area contributed by atoms with Gasteiger partial charge in [0.2, 0.25) is 5.95 Å². The fourth-order valence-electron chi connectivity index (χ4n) is 1.80. The van der Waals surface area contributed by atoms with Crippen molar-refractivity contribution in [1.29, 1.82) is 0 Å². The van der Waals surface area contributed by atoms with Crippen LogP contribution in [0.1, 0.15) is 5.56 Å². The lowest BCUT2D eigenvalue weighted by Gasteiger charge is -2.01. The van der Waals surface area contributed by atoms with Crippen molar-refractivity contribution in [3.8, 4) is 0 Å². The van der Waals surface area contributed by atoms with Crippen LogP contribution in [-0.2, 0) is 6.42 Å². The minimum Gasteiger partial charge on any atom is -0.353 e. The molecule has 0 aromatic carbocycles. The van der Waals surface area contributed by atoms with Crippen LogP contribution in [0.25, 0.3) is 5.65 Å². The highest BCUT2D eigenvalue weighted by atomic mass is 79.9. The molecule has 0 saturated heterocycles. The molecule has 5 nitrogen and oxygen atoms in total. The summed E-state index contributed by atoms with van der Waals surface area (Å²) in [5.41, 5.74) is 2.07. The Morgan fingerprint density at radius 1 is 1.16 bits per heavy atom. The second-order valence-corrected chi connectivity index (χ2v) is 5.03. The Hall–Kier alpha value is -1.95. The molecule has 0 unspecified atom stereocenters. The maximum absolute atomic E-state index is 4.39. The van der Waals surface area contributed by atoms with E-state index in [2.05, 4.69) is 36.3 Å². The van der Waals surface area contributed by atoms with Gasteiger partial charge in [0.15, 0.2) is 5.65 Å². The summed E-state index contributed by atoms with van der Waals surface area (Å²) < 4.78 is 2.73. The normalized spacial score (nSPS) is 10.8. The summed E-state index contributed by atoms with van der Waals surface area (Å²) in [6, 6.07) is 7.89. The largest absolute Gasteiger partial charge is 0.353 e. The summed E-state index contributed by atoms with van der Waals surface area (Å²) in [5.74, 6) is 0.646. The maximum atomic E-state index is 4.39. The maximum Gasteiger partial charge on any atom is 0.243 e. The summed E-state index contributed by atoms with van der Waals surface area (Å²) in [4.78, 5) is 8.39. The van der Waals surface area contributed by atoms with E-state index in [1.165, 1.54) is 5.56 Å². The Bertz CT molecular complexity index is 680. The van der Waals surface area contributed by atoms with Crippen molar-refractivity contribution >= 4 is 27.5 Å². The molecule has 0 fully saturated rings. The van der Waals surface area contributed by atoms with E-state index in [4.69, 9.17) is 0 Å². The third kappa shape index (κ3) is 2.90. The molecule has 0 aliphatic heterocycles. The van der Waals surface area contributed by atoms with E-state index in [1.807, 2.05) is 30.5 Å². The summed E-state index contributed by atoms with van der Waals surface area (Å²) in [6.07, 6.45) is 6.41. The van der Waals surface area contributed by atoms with Crippen LogP contribution in [0.4, 0.5) is 5.95 Å². The SMILES string of the molecule is Brc1ccc2nc(NCCc3ccncc3)nn2c1. The van der Waals surface area contributed by atoms with Gasteiger partial charge in [0.25, 0.3) is 0 Å². The Morgan fingerprint density at radius 3 is 2.84 bits per heavy atom. The highest BCUT2D eigenvalue weighted by Crippen LogP contribution is 2.12. The number of nitrogens with one attached hydrogen (secondary N) is 1. The van der Waals surface area contributed by atoms with Gasteiger partial charge >= 0.3 is 0 Å². The summed E-state index contributed by atoms with van der Waals surface area (Å²) in [7, 11) is 0. The van der Waals surface area contributed by atoms with Gasteiger partial charge in [-0.2, -0.15) is 4.98 Å². The Balaban J connectivity index is 1.65. The van der Waals surface area contributed by atoms with Crippen molar-refractivity contribution in [3.05, 3.63) is 52.9 Å². The highest BCUT2D eigenvalue weighted by molar-refractivity contribution is 9.10. The zero-order chi connectivity index (χ0) is 13.1. The van der Waals surface area contributed by atoms with E-state index in [0.29, 0.717) is 5.95 Å². The van der Waals surface area contributed by atoms with Crippen LogP contribution in [-0.4, -0.2) is 26.1 Å². The van der Waals surface area contributed by atoms with Gasteiger partial charge in [-0.1, -0.05) is 0 Å². The van der Waals surface area contributed by atoms with Crippen molar-refractivity contribution in [2.75, 3.05) is 11.9 Å². The summed E-state index contributed by atoms with van der Waals surface area (Å²) in [5, 5.41) is 7.58. The van der Waals surface area contributed by atoms with Gasteiger partial charge < -0.3 is 5.32 Å². The molecule has 0 amide bonds. The molecule has 19 heavy (non-hydrogen) atoms. The molecule has 96 valence electrons. The van der Waals surface area contributed by atoms with E-state index < -0.39 is 0 Å². The molecule has 6 heteroatoms.